The quantitative estimate of drug-likeness (QED) is 0.692. The monoisotopic (exact) mass is 178 g/mol. The predicted molar refractivity (Wildman–Crippen MR) is 53.5 cm³/mol. The Kier molecular flexibility index (Phi) is 2.38. The van der Waals surface area contributed by atoms with Crippen molar-refractivity contribution in [2.45, 2.75) is 39.7 Å². The van der Waals surface area contributed by atoms with Crippen LogP contribution in [-0.4, -0.2) is 9.55 Å². The highest BCUT2D eigenvalue weighted by Gasteiger charge is 2.22. The molecule has 0 unspecified atom stereocenters. The van der Waals surface area contributed by atoms with Crippen LogP contribution >= 0.6 is 0 Å². The van der Waals surface area contributed by atoms with E-state index in [-0.39, 0.29) is 0 Å². The zero-order chi connectivity index (χ0) is 9.26. The molecule has 0 N–H and O–H groups in total. The van der Waals surface area contributed by atoms with Gasteiger partial charge in [-0.2, -0.15) is 0 Å². The van der Waals surface area contributed by atoms with Crippen LogP contribution in [-0.2, 0) is 13.0 Å². The van der Waals surface area contributed by atoms with Gasteiger partial charge in [0.05, 0.1) is 6.33 Å². The molecular weight excluding hydrogens is 160 g/mol. The van der Waals surface area contributed by atoms with E-state index in [0.29, 0.717) is 0 Å². The molecule has 2 nitrogen and oxygen atoms in total. The second kappa shape index (κ2) is 3.52. The molecule has 0 radical (unpaired) electrons. The third kappa shape index (κ3) is 2.33. The van der Waals surface area contributed by atoms with E-state index < -0.39 is 0 Å². The van der Waals surface area contributed by atoms with Crippen LogP contribution in [0, 0.1) is 11.8 Å². The average molecular weight is 178 g/mol. The highest BCUT2D eigenvalue weighted by molar-refractivity contribution is 5.00. The van der Waals surface area contributed by atoms with Crippen LogP contribution in [0.25, 0.3) is 0 Å². The van der Waals surface area contributed by atoms with Crippen molar-refractivity contribution < 1.29 is 0 Å². The van der Waals surface area contributed by atoms with Gasteiger partial charge >= 0.3 is 0 Å². The summed E-state index contributed by atoms with van der Waals surface area (Å²) in [6.45, 7) is 5.71. The topological polar surface area (TPSA) is 17.8 Å². The molecule has 2 rings (SSSR count). The first-order chi connectivity index (χ1) is 6.25. The van der Waals surface area contributed by atoms with E-state index in [2.05, 4.69) is 23.4 Å². The van der Waals surface area contributed by atoms with E-state index in [0.717, 1.165) is 18.3 Å². The second-order valence-electron chi connectivity index (χ2n) is 4.58. The molecule has 13 heavy (non-hydrogen) atoms. The Labute approximate surface area is 80.0 Å². The van der Waals surface area contributed by atoms with Crippen LogP contribution in [0.5, 0.6) is 0 Å². The van der Waals surface area contributed by atoms with Gasteiger partial charge in [0, 0.05) is 18.4 Å². The first-order valence-electron chi connectivity index (χ1n) is 5.24. The van der Waals surface area contributed by atoms with Gasteiger partial charge in [-0.25, -0.2) is 4.98 Å². The summed E-state index contributed by atoms with van der Waals surface area (Å²) in [5.74, 6) is 1.68. The lowest BCUT2D eigenvalue weighted by molar-refractivity contribution is 0.559. The van der Waals surface area contributed by atoms with Crippen molar-refractivity contribution in [3.8, 4) is 0 Å². The van der Waals surface area contributed by atoms with Crippen molar-refractivity contribution in [2.24, 2.45) is 11.8 Å². The molecule has 2 heteroatoms. The van der Waals surface area contributed by atoms with Crippen LogP contribution < -0.4 is 0 Å². The molecule has 0 aromatic carbocycles. The molecule has 0 spiro atoms. The van der Waals surface area contributed by atoms with E-state index in [1.54, 1.807) is 0 Å². The lowest BCUT2D eigenvalue weighted by Crippen LogP contribution is -2.05. The number of imidazole rings is 1. The molecule has 72 valence electrons. The summed E-state index contributed by atoms with van der Waals surface area (Å²) in [4.78, 5) is 4.22. The van der Waals surface area contributed by atoms with Crippen molar-refractivity contribution in [3.63, 3.8) is 0 Å². The Morgan fingerprint density at radius 3 is 2.92 bits per heavy atom. The first-order valence-corrected chi connectivity index (χ1v) is 5.24. The van der Waals surface area contributed by atoms with Crippen molar-refractivity contribution in [3.05, 3.63) is 18.2 Å². The first kappa shape index (κ1) is 8.79. The van der Waals surface area contributed by atoms with Gasteiger partial charge in [0.1, 0.15) is 0 Å². The van der Waals surface area contributed by atoms with Gasteiger partial charge in [0.25, 0.3) is 0 Å². The molecular formula is C11H18N2. The molecule has 1 fully saturated rings. The lowest BCUT2D eigenvalue weighted by Gasteiger charge is -2.08. The molecule has 0 saturated heterocycles. The number of rotatable bonds is 4. The minimum atomic E-state index is 0.731. The van der Waals surface area contributed by atoms with E-state index >= 15 is 0 Å². The summed E-state index contributed by atoms with van der Waals surface area (Å²) >= 11 is 0. The number of nitrogens with zero attached hydrogens (tertiary/aromatic N) is 2. The third-order valence-electron chi connectivity index (χ3n) is 2.57. The molecule has 1 aliphatic rings. The molecule has 0 atom stereocenters. The maximum atomic E-state index is 4.22. The largest absolute Gasteiger partial charge is 0.334 e. The summed E-state index contributed by atoms with van der Waals surface area (Å²) in [6.07, 6.45) is 7.99. The Bertz CT molecular complexity index is 253. The highest BCUT2D eigenvalue weighted by Crippen LogP contribution is 2.31. The van der Waals surface area contributed by atoms with Gasteiger partial charge in [0.2, 0.25) is 0 Å². The molecule has 1 aromatic rings. The van der Waals surface area contributed by atoms with Crippen LogP contribution in [0.1, 0.15) is 32.4 Å². The van der Waals surface area contributed by atoms with Crippen molar-refractivity contribution in [1.29, 1.82) is 0 Å². The Morgan fingerprint density at radius 2 is 2.31 bits per heavy atom. The van der Waals surface area contributed by atoms with Crippen LogP contribution in [0.15, 0.2) is 12.5 Å². The van der Waals surface area contributed by atoms with E-state index in [1.165, 1.54) is 25.1 Å². The Morgan fingerprint density at radius 1 is 1.54 bits per heavy atom. The van der Waals surface area contributed by atoms with E-state index in [1.807, 2.05) is 12.5 Å². The SMILES string of the molecule is CC(C)Cc1cncn1CC1CC1. The fourth-order valence-corrected chi connectivity index (χ4v) is 1.68. The summed E-state index contributed by atoms with van der Waals surface area (Å²) in [7, 11) is 0. The van der Waals surface area contributed by atoms with Gasteiger partial charge in [-0.3, -0.25) is 0 Å². The highest BCUT2D eigenvalue weighted by atomic mass is 15.0. The van der Waals surface area contributed by atoms with Gasteiger partial charge in [-0.05, 0) is 31.1 Å². The molecule has 1 heterocycles. The van der Waals surface area contributed by atoms with E-state index in [4.69, 9.17) is 0 Å². The van der Waals surface area contributed by atoms with Gasteiger partial charge < -0.3 is 4.57 Å². The summed E-state index contributed by atoms with van der Waals surface area (Å²) in [6, 6.07) is 0. The molecule has 1 aromatic heterocycles. The van der Waals surface area contributed by atoms with Gasteiger partial charge in [0.15, 0.2) is 0 Å². The summed E-state index contributed by atoms with van der Waals surface area (Å²) in [5.41, 5.74) is 1.40. The smallest absolute Gasteiger partial charge is 0.0948 e. The van der Waals surface area contributed by atoms with Crippen LogP contribution in [0.3, 0.4) is 0 Å². The number of hydrogen-bond donors (Lipinski definition) is 0. The lowest BCUT2D eigenvalue weighted by atomic mass is 10.1. The van der Waals surface area contributed by atoms with Crippen LogP contribution in [0.4, 0.5) is 0 Å². The van der Waals surface area contributed by atoms with Crippen molar-refractivity contribution in [2.75, 3.05) is 0 Å². The fraction of sp³-hybridized carbons (Fsp3) is 0.727. The zero-order valence-electron chi connectivity index (χ0n) is 8.53. The maximum Gasteiger partial charge on any atom is 0.0948 e. The normalized spacial score (nSPS) is 16.8. The maximum absolute atomic E-state index is 4.22. The Balaban J connectivity index is 2.01. The minimum Gasteiger partial charge on any atom is -0.334 e. The molecule has 0 aliphatic heterocycles. The molecule has 0 amide bonds. The third-order valence-corrected chi connectivity index (χ3v) is 2.57. The number of aromatic nitrogens is 2. The fourth-order valence-electron chi connectivity index (χ4n) is 1.68. The van der Waals surface area contributed by atoms with E-state index in [9.17, 15) is 0 Å². The zero-order valence-corrected chi connectivity index (χ0v) is 8.53. The summed E-state index contributed by atoms with van der Waals surface area (Å²) < 4.78 is 2.33. The second-order valence-corrected chi connectivity index (χ2v) is 4.58. The van der Waals surface area contributed by atoms with Crippen molar-refractivity contribution in [1.82, 2.24) is 9.55 Å². The van der Waals surface area contributed by atoms with Crippen molar-refractivity contribution >= 4 is 0 Å². The predicted octanol–water partition coefficient (Wildman–Crippen LogP) is 2.49. The molecule has 1 saturated carbocycles. The number of hydrogen-bond acceptors (Lipinski definition) is 1. The van der Waals surface area contributed by atoms with Crippen LogP contribution in [0.2, 0.25) is 0 Å². The molecule has 0 bridgehead atoms. The molecule has 1 aliphatic carbocycles. The van der Waals surface area contributed by atoms with Gasteiger partial charge in [-0.15, -0.1) is 0 Å². The van der Waals surface area contributed by atoms with Gasteiger partial charge in [-0.1, -0.05) is 13.8 Å². The standard InChI is InChI=1S/C11H18N2/c1-9(2)5-11-6-12-8-13(11)7-10-3-4-10/h6,8-10H,3-5,7H2,1-2H3. The Hall–Kier alpha value is -0.790. The average Bonchev–Trinajstić information content (AvgIpc) is 2.75. The minimum absolute atomic E-state index is 0.731. The summed E-state index contributed by atoms with van der Waals surface area (Å²) in [5, 5.41) is 0.